The number of anilines is 1. The Labute approximate surface area is 223 Å². The van der Waals surface area contributed by atoms with E-state index in [-0.39, 0.29) is 31.3 Å². The van der Waals surface area contributed by atoms with Gasteiger partial charge >= 0.3 is 19.4 Å². The lowest BCUT2D eigenvalue weighted by molar-refractivity contribution is -0.146. The highest BCUT2D eigenvalue weighted by atomic mass is 32.2. The molecule has 0 amide bonds. The van der Waals surface area contributed by atoms with Crippen LogP contribution in [-0.2, 0) is 25.2 Å². The van der Waals surface area contributed by atoms with E-state index in [0.29, 0.717) is 0 Å². The quantitative estimate of drug-likeness (QED) is 0.231. The first-order valence-corrected chi connectivity index (χ1v) is 14.2. The Kier molecular flexibility index (Phi) is 9.18. The first-order valence-electron chi connectivity index (χ1n) is 11.7. The second-order valence-electron chi connectivity index (χ2n) is 8.48. The minimum absolute atomic E-state index is 0.0525. The number of hydrogen-bond acceptors (Lipinski definition) is 11. The molecule has 202 valence electrons. The third-order valence-corrected chi connectivity index (χ3v) is 8.74. The van der Waals surface area contributed by atoms with Crippen molar-refractivity contribution < 1.29 is 28.3 Å². The summed E-state index contributed by atoms with van der Waals surface area (Å²) in [5, 5.41) is 12.2. The van der Waals surface area contributed by atoms with Gasteiger partial charge in [-0.15, -0.1) is 11.8 Å². The number of aliphatic hydroxyl groups excluding tert-OH is 1. The van der Waals surface area contributed by atoms with Crippen LogP contribution >= 0.6 is 19.5 Å². The normalized spacial score (nSPS) is 21.4. The maximum atomic E-state index is 13.7. The molecule has 1 saturated heterocycles. The van der Waals surface area contributed by atoms with Crippen LogP contribution in [0.25, 0.3) is 0 Å². The van der Waals surface area contributed by atoms with Crippen molar-refractivity contribution in [3.8, 4) is 5.75 Å². The standard InChI is InChI=1S/C24H28N5O7PS/c1-16(22(31)34-13-17-8-4-2-5-9-17)28-37(33,36-18-10-6-3-7-11-18)35-14-20-19(30)12-21(38-20)29-15-26-23(25)27-24(29)32/h2-11,15-16,19-21,30H,12-14H2,1H3,(H,28,33)(H2,25,27,32)/t16-,19?,20?,21+,37-/m0/s1. The summed E-state index contributed by atoms with van der Waals surface area (Å²) in [6, 6.07) is 16.5. The van der Waals surface area contributed by atoms with E-state index in [9.17, 15) is 19.3 Å². The van der Waals surface area contributed by atoms with Crippen molar-refractivity contribution in [3.05, 3.63) is 83.0 Å². The molecule has 4 rings (SSSR count). The molecule has 2 heterocycles. The Morgan fingerprint density at radius 3 is 2.61 bits per heavy atom. The summed E-state index contributed by atoms with van der Waals surface area (Å²) >= 11 is 1.24. The van der Waals surface area contributed by atoms with Crippen molar-refractivity contribution in [2.45, 2.75) is 42.7 Å². The van der Waals surface area contributed by atoms with Crippen molar-refractivity contribution in [2.75, 3.05) is 12.3 Å². The number of nitrogens with two attached hydrogens (primary N) is 1. The average molecular weight is 562 g/mol. The van der Waals surface area contributed by atoms with E-state index in [0.717, 1.165) is 5.56 Å². The number of carbonyl (C=O) groups excluding carboxylic acids is 1. The third kappa shape index (κ3) is 7.42. The van der Waals surface area contributed by atoms with E-state index in [1.807, 2.05) is 30.3 Å². The monoisotopic (exact) mass is 561 g/mol. The second-order valence-corrected chi connectivity index (χ2v) is 11.6. The Hall–Kier alpha value is -3.22. The maximum absolute atomic E-state index is 13.7. The van der Waals surface area contributed by atoms with Gasteiger partial charge in [0.25, 0.3) is 0 Å². The van der Waals surface area contributed by atoms with E-state index >= 15 is 0 Å². The van der Waals surface area contributed by atoms with Gasteiger partial charge in [0.05, 0.1) is 23.3 Å². The Morgan fingerprint density at radius 2 is 1.92 bits per heavy atom. The number of para-hydroxylation sites is 1. The zero-order chi connectivity index (χ0) is 27.1. The fourth-order valence-corrected chi connectivity index (χ4v) is 6.66. The van der Waals surface area contributed by atoms with Crippen LogP contribution in [0.4, 0.5) is 5.95 Å². The van der Waals surface area contributed by atoms with Crippen LogP contribution < -0.4 is 21.0 Å². The molecule has 1 aliphatic rings. The fraction of sp³-hybridized carbons (Fsp3) is 0.333. The molecule has 4 N–H and O–H groups in total. The zero-order valence-corrected chi connectivity index (χ0v) is 22.2. The Balaban J connectivity index is 1.41. The molecule has 1 aromatic heterocycles. The van der Waals surface area contributed by atoms with E-state index in [1.165, 1.54) is 29.6 Å². The van der Waals surface area contributed by atoms with Crippen LogP contribution in [0.5, 0.6) is 5.75 Å². The number of ether oxygens (including phenoxy) is 1. The lowest BCUT2D eigenvalue weighted by atomic mass is 10.2. The Bertz CT molecular complexity index is 1330. The Morgan fingerprint density at radius 1 is 1.24 bits per heavy atom. The van der Waals surface area contributed by atoms with Crippen molar-refractivity contribution in [2.24, 2.45) is 0 Å². The van der Waals surface area contributed by atoms with Gasteiger partial charge in [-0.3, -0.25) is 13.9 Å². The van der Waals surface area contributed by atoms with Crippen LogP contribution in [0, 0.1) is 0 Å². The molecule has 0 spiro atoms. The highest BCUT2D eigenvalue weighted by molar-refractivity contribution is 8.00. The number of benzene rings is 2. The average Bonchev–Trinajstić information content (AvgIpc) is 3.27. The number of esters is 1. The van der Waals surface area contributed by atoms with Gasteiger partial charge in [-0.05, 0) is 24.6 Å². The summed E-state index contributed by atoms with van der Waals surface area (Å²) in [5.41, 5.74) is 5.67. The molecule has 12 nitrogen and oxygen atoms in total. The minimum Gasteiger partial charge on any atom is -0.460 e. The molecule has 1 aliphatic heterocycles. The molecular weight excluding hydrogens is 533 g/mol. The van der Waals surface area contributed by atoms with Gasteiger partial charge in [0.2, 0.25) is 5.95 Å². The van der Waals surface area contributed by atoms with E-state index in [2.05, 4.69) is 15.1 Å². The molecule has 0 saturated carbocycles. The zero-order valence-electron chi connectivity index (χ0n) is 20.5. The van der Waals surface area contributed by atoms with E-state index in [4.69, 9.17) is 19.5 Å². The number of nitrogen functional groups attached to an aromatic ring is 1. The van der Waals surface area contributed by atoms with Crippen molar-refractivity contribution in [1.82, 2.24) is 19.6 Å². The third-order valence-electron chi connectivity index (χ3n) is 5.57. The summed E-state index contributed by atoms with van der Waals surface area (Å²) in [6.45, 7) is 1.34. The number of aromatic nitrogens is 3. The molecule has 14 heteroatoms. The van der Waals surface area contributed by atoms with Crippen molar-refractivity contribution >= 4 is 31.4 Å². The van der Waals surface area contributed by atoms with Gasteiger partial charge in [0.15, 0.2) is 0 Å². The van der Waals surface area contributed by atoms with Crippen LogP contribution in [0.1, 0.15) is 24.3 Å². The van der Waals surface area contributed by atoms with Gasteiger partial charge in [0, 0.05) is 6.42 Å². The van der Waals surface area contributed by atoms with Crippen LogP contribution in [0.15, 0.2) is 71.8 Å². The first-order chi connectivity index (χ1) is 18.2. The summed E-state index contributed by atoms with van der Waals surface area (Å²) in [7, 11) is -4.12. The smallest absolute Gasteiger partial charge is 0.459 e. The molecule has 5 atom stereocenters. The topological polar surface area (TPSA) is 168 Å². The lowest BCUT2D eigenvalue weighted by Gasteiger charge is -2.24. The SMILES string of the molecule is C[C@H](N[P@](=O)(OCC1S[C@@H](n2cnc(N)nc2=O)CC1O)Oc1ccccc1)C(=O)OCc1ccccc1. The van der Waals surface area contributed by atoms with Gasteiger partial charge in [-0.1, -0.05) is 48.5 Å². The number of aliphatic hydroxyl groups is 1. The van der Waals surface area contributed by atoms with E-state index in [1.54, 1.807) is 30.3 Å². The summed E-state index contributed by atoms with van der Waals surface area (Å²) in [4.78, 5) is 32.2. The van der Waals surface area contributed by atoms with Gasteiger partial charge < -0.3 is 20.1 Å². The lowest BCUT2D eigenvalue weighted by Crippen LogP contribution is -2.36. The molecule has 2 aromatic carbocycles. The molecule has 1 fully saturated rings. The highest BCUT2D eigenvalue weighted by Crippen LogP contribution is 2.48. The molecule has 38 heavy (non-hydrogen) atoms. The van der Waals surface area contributed by atoms with Crippen molar-refractivity contribution in [3.63, 3.8) is 0 Å². The summed E-state index contributed by atoms with van der Waals surface area (Å²) < 4.78 is 31.7. The van der Waals surface area contributed by atoms with E-state index < -0.39 is 42.2 Å². The van der Waals surface area contributed by atoms with Crippen LogP contribution in [0.2, 0.25) is 0 Å². The molecule has 0 aliphatic carbocycles. The molecule has 0 radical (unpaired) electrons. The van der Waals surface area contributed by atoms with Gasteiger partial charge in [0.1, 0.15) is 24.7 Å². The molecule has 3 aromatic rings. The predicted molar refractivity (Wildman–Crippen MR) is 141 cm³/mol. The number of rotatable bonds is 11. The maximum Gasteiger partial charge on any atom is 0.459 e. The first kappa shape index (κ1) is 27.8. The molecule has 2 unspecified atom stereocenters. The van der Waals surface area contributed by atoms with Crippen LogP contribution in [-0.4, -0.2) is 49.6 Å². The predicted octanol–water partition coefficient (Wildman–Crippen LogP) is 2.51. The highest BCUT2D eigenvalue weighted by Gasteiger charge is 2.39. The summed E-state index contributed by atoms with van der Waals surface area (Å²) in [6.07, 6.45) is 0.602. The van der Waals surface area contributed by atoms with Crippen LogP contribution in [0.3, 0.4) is 0 Å². The summed E-state index contributed by atoms with van der Waals surface area (Å²) in [5.74, 6) is -0.528. The number of carbonyl (C=O) groups is 1. The fourth-order valence-electron chi connectivity index (χ4n) is 3.61. The number of nitrogens with zero attached hydrogens (tertiary/aromatic N) is 3. The number of hydrogen-bond donors (Lipinski definition) is 3. The number of thioether (sulfide) groups is 1. The van der Waals surface area contributed by atoms with Crippen molar-refractivity contribution in [1.29, 1.82) is 0 Å². The van der Waals surface area contributed by atoms with Gasteiger partial charge in [-0.25, -0.2) is 14.3 Å². The minimum atomic E-state index is -4.12. The number of nitrogens with one attached hydrogen (secondary N) is 1. The molecular formula is C24H28N5O7PS. The molecule has 0 bridgehead atoms. The van der Waals surface area contributed by atoms with Gasteiger partial charge in [-0.2, -0.15) is 10.1 Å². The largest absolute Gasteiger partial charge is 0.460 e. The second kappa shape index (κ2) is 12.5.